The number of fused-ring (bicyclic) bond motifs is 1. The lowest BCUT2D eigenvalue weighted by molar-refractivity contribution is -0.139. The second kappa shape index (κ2) is 7.28. The van der Waals surface area contributed by atoms with E-state index >= 15 is 0 Å². The topological polar surface area (TPSA) is 59.0 Å². The molecule has 1 saturated heterocycles. The summed E-state index contributed by atoms with van der Waals surface area (Å²) in [5.74, 6) is -0.254. The van der Waals surface area contributed by atoms with Crippen LogP contribution in [-0.4, -0.2) is 48.3 Å². The first-order chi connectivity index (χ1) is 13.5. The van der Waals surface area contributed by atoms with E-state index in [-0.39, 0.29) is 12.3 Å². The van der Waals surface area contributed by atoms with Crippen LogP contribution in [0.15, 0.2) is 48.5 Å². The third-order valence-electron chi connectivity index (χ3n) is 5.42. The number of carboxylic acid groups (broad SMARTS) is 1. The van der Waals surface area contributed by atoms with Gasteiger partial charge in [0.15, 0.2) is 11.6 Å². The summed E-state index contributed by atoms with van der Waals surface area (Å²) in [5, 5.41) is 9.03. The second-order valence-corrected chi connectivity index (χ2v) is 7.24. The van der Waals surface area contributed by atoms with Crippen molar-refractivity contribution in [3.63, 3.8) is 0 Å². The Kier molecular flexibility index (Phi) is 4.81. The van der Waals surface area contributed by atoms with Crippen LogP contribution < -0.4 is 9.47 Å². The molecule has 0 aliphatic carbocycles. The lowest BCUT2D eigenvalue weighted by atomic mass is 9.83. The molecule has 0 bridgehead atoms. The van der Waals surface area contributed by atoms with Crippen LogP contribution in [0.2, 0.25) is 0 Å². The number of carboxylic acids is 1. The summed E-state index contributed by atoms with van der Waals surface area (Å²) in [6.45, 7) is 1.30. The molecule has 2 aliphatic rings. The van der Waals surface area contributed by atoms with Crippen molar-refractivity contribution in [2.24, 2.45) is 0 Å². The summed E-state index contributed by atoms with van der Waals surface area (Å²) in [4.78, 5) is 12.9. The molecular weight excluding hydrogens is 361 g/mol. The second-order valence-electron chi connectivity index (χ2n) is 7.24. The highest BCUT2D eigenvalue weighted by Crippen LogP contribution is 2.43. The molecule has 146 valence electrons. The highest BCUT2D eigenvalue weighted by Gasteiger charge is 2.39. The van der Waals surface area contributed by atoms with Gasteiger partial charge in [0.05, 0.1) is 13.7 Å². The minimum absolute atomic E-state index is 0.0347. The van der Waals surface area contributed by atoms with Crippen LogP contribution >= 0.6 is 0 Å². The van der Waals surface area contributed by atoms with Gasteiger partial charge in [0.2, 0.25) is 0 Å². The Labute approximate surface area is 163 Å². The number of piperidine rings is 1. The lowest BCUT2D eigenvalue weighted by Gasteiger charge is -2.42. The van der Waals surface area contributed by atoms with E-state index in [9.17, 15) is 9.18 Å². The molecule has 2 aromatic carbocycles. The molecule has 28 heavy (non-hydrogen) atoms. The summed E-state index contributed by atoms with van der Waals surface area (Å²) >= 11 is 0. The van der Waals surface area contributed by atoms with Crippen LogP contribution in [-0.2, 0) is 4.79 Å². The molecule has 2 aromatic rings. The van der Waals surface area contributed by atoms with Crippen molar-refractivity contribution in [1.82, 2.24) is 4.90 Å². The third-order valence-corrected chi connectivity index (χ3v) is 5.42. The summed E-state index contributed by atoms with van der Waals surface area (Å²) in [6.07, 6.45) is 3.43. The first-order valence-corrected chi connectivity index (χ1v) is 9.29. The van der Waals surface area contributed by atoms with Gasteiger partial charge in [-0.25, -0.2) is 4.39 Å². The maximum Gasteiger partial charge on any atom is 0.317 e. The molecule has 1 fully saturated rings. The fourth-order valence-electron chi connectivity index (χ4n) is 3.97. The monoisotopic (exact) mass is 383 g/mol. The van der Waals surface area contributed by atoms with Crippen molar-refractivity contribution >= 4 is 11.5 Å². The third kappa shape index (κ3) is 3.47. The van der Waals surface area contributed by atoms with Gasteiger partial charge in [-0.15, -0.1) is 0 Å². The normalized spacial score (nSPS) is 18.1. The fraction of sp³-hybridized carbons (Fsp3) is 0.318. The van der Waals surface area contributed by atoms with Crippen LogP contribution in [0.5, 0.6) is 11.5 Å². The van der Waals surface area contributed by atoms with Gasteiger partial charge in [0.1, 0.15) is 11.4 Å². The molecule has 6 heteroatoms. The summed E-state index contributed by atoms with van der Waals surface area (Å²) in [7, 11) is 1.45. The first-order valence-electron chi connectivity index (χ1n) is 9.29. The molecule has 0 amide bonds. The molecule has 1 spiro atoms. The maximum absolute atomic E-state index is 14.3. The van der Waals surface area contributed by atoms with E-state index in [1.54, 1.807) is 6.07 Å². The van der Waals surface area contributed by atoms with Crippen molar-refractivity contribution in [3.8, 4) is 11.5 Å². The van der Waals surface area contributed by atoms with Crippen molar-refractivity contribution < 1.29 is 23.8 Å². The Morgan fingerprint density at radius 2 is 2.00 bits per heavy atom. The predicted octanol–water partition coefficient (Wildman–Crippen LogP) is 3.58. The Morgan fingerprint density at radius 1 is 1.25 bits per heavy atom. The highest BCUT2D eigenvalue weighted by atomic mass is 19.1. The first kappa shape index (κ1) is 18.5. The number of methoxy groups -OCH3 is 1. The Hall–Kier alpha value is -2.86. The average Bonchev–Trinajstić information content (AvgIpc) is 2.69. The van der Waals surface area contributed by atoms with Crippen LogP contribution in [0.3, 0.4) is 0 Å². The zero-order valence-corrected chi connectivity index (χ0v) is 15.7. The van der Waals surface area contributed by atoms with Gasteiger partial charge < -0.3 is 14.6 Å². The molecule has 2 heterocycles. The maximum atomic E-state index is 14.3. The number of para-hydroxylation sites is 1. The molecule has 2 aliphatic heterocycles. The standard InChI is InChI=1S/C22H22FNO4/c1-27-20-7-6-15(12-18(20)23)17-13-22(28-19-5-3-2-4-16(17)19)8-10-24(11-9-22)14-21(25)26/h2-7,12-13H,8-11,14H2,1H3,(H,25,26). The highest BCUT2D eigenvalue weighted by molar-refractivity contribution is 5.85. The smallest absolute Gasteiger partial charge is 0.317 e. The molecule has 0 unspecified atom stereocenters. The van der Waals surface area contributed by atoms with Gasteiger partial charge in [-0.1, -0.05) is 24.3 Å². The van der Waals surface area contributed by atoms with E-state index in [2.05, 4.69) is 6.08 Å². The van der Waals surface area contributed by atoms with Gasteiger partial charge in [0.25, 0.3) is 0 Å². The van der Waals surface area contributed by atoms with Gasteiger partial charge >= 0.3 is 5.97 Å². The molecule has 0 saturated carbocycles. The van der Waals surface area contributed by atoms with E-state index in [0.717, 1.165) is 22.4 Å². The summed E-state index contributed by atoms with van der Waals surface area (Å²) in [6, 6.07) is 12.7. The molecule has 0 radical (unpaired) electrons. The fourth-order valence-corrected chi connectivity index (χ4v) is 3.97. The predicted molar refractivity (Wildman–Crippen MR) is 103 cm³/mol. The number of hydrogen-bond acceptors (Lipinski definition) is 4. The molecule has 1 N–H and O–H groups in total. The molecule has 4 rings (SSSR count). The number of rotatable bonds is 4. The Morgan fingerprint density at radius 3 is 2.68 bits per heavy atom. The average molecular weight is 383 g/mol. The van der Waals surface area contributed by atoms with Crippen LogP contribution in [0.25, 0.3) is 5.57 Å². The van der Waals surface area contributed by atoms with E-state index in [0.29, 0.717) is 25.9 Å². The Bertz CT molecular complexity index is 932. The minimum atomic E-state index is -0.823. The van der Waals surface area contributed by atoms with Gasteiger partial charge in [0, 0.05) is 31.5 Å². The van der Waals surface area contributed by atoms with E-state index < -0.39 is 17.4 Å². The summed E-state index contributed by atoms with van der Waals surface area (Å²) < 4.78 is 25.8. The molecule has 0 atom stereocenters. The minimum Gasteiger partial charge on any atom is -0.494 e. The van der Waals surface area contributed by atoms with E-state index in [1.807, 2.05) is 35.2 Å². The zero-order chi connectivity index (χ0) is 19.7. The number of carbonyl (C=O) groups is 1. The quantitative estimate of drug-likeness (QED) is 0.875. The largest absolute Gasteiger partial charge is 0.494 e. The number of likely N-dealkylation sites (tertiary alicyclic amines) is 1. The Balaban J connectivity index is 1.71. The molecule has 0 aromatic heterocycles. The number of halogens is 1. The molecular formula is C22H22FNO4. The number of nitrogens with zero attached hydrogens (tertiary/aromatic N) is 1. The number of ether oxygens (including phenoxy) is 2. The van der Waals surface area contributed by atoms with Crippen molar-refractivity contribution in [1.29, 1.82) is 0 Å². The molecule has 5 nitrogen and oxygen atoms in total. The lowest BCUT2D eigenvalue weighted by Crippen LogP contribution is -2.49. The number of benzene rings is 2. The van der Waals surface area contributed by atoms with Crippen molar-refractivity contribution in [2.75, 3.05) is 26.7 Å². The van der Waals surface area contributed by atoms with Crippen molar-refractivity contribution in [2.45, 2.75) is 18.4 Å². The van der Waals surface area contributed by atoms with E-state index in [4.69, 9.17) is 14.6 Å². The van der Waals surface area contributed by atoms with Crippen molar-refractivity contribution in [3.05, 3.63) is 65.5 Å². The zero-order valence-electron chi connectivity index (χ0n) is 15.7. The van der Waals surface area contributed by atoms with Crippen LogP contribution in [0.1, 0.15) is 24.0 Å². The number of hydrogen-bond donors (Lipinski definition) is 1. The summed E-state index contributed by atoms with van der Waals surface area (Å²) in [5.41, 5.74) is 2.09. The van der Waals surface area contributed by atoms with Gasteiger partial charge in [-0.3, -0.25) is 9.69 Å². The van der Waals surface area contributed by atoms with E-state index in [1.165, 1.54) is 13.2 Å². The van der Waals surface area contributed by atoms with Crippen LogP contribution in [0, 0.1) is 5.82 Å². The number of aliphatic carboxylic acids is 1. The van der Waals surface area contributed by atoms with Gasteiger partial charge in [-0.05, 0) is 35.4 Å². The SMILES string of the molecule is COc1ccc(C2=CC3(CCN(CC(=O)O)CC3)Oc3ccccc32)cc1F. The van der Waals surface area contributed by atoms with Gasteiger partial charge in [-0.2, -0.15) is 0 Å². The van der Waals surface area contributed by atoms with Crippen LogP contribution in [0.4, 0.5) is 4.39 Å².